The van der Waals surface area contributed by atoms with Crippen molar-refractivity contribution in [1.82, 2.24) is 0 Å². The number of carbonyl (C=O) groups excluding carboxylic acids is 1. The molecular weight excluding hydrogens is 366 g/mol. The lowest BCUT2D eigenvalue weighted by Crippen LogP contribution is -2.15. The Morgan fingerprint density at radius 3 is 2.11 bits per heavy atom. The number of rotatable bonds is 10. The van der Waals surface area contributed by atoms with Crippen LogP contribution < -0.4 is 24.3 Å². The monoisotopic (exact) mass is 389 g/mol. The van der Waals surface area contributed by atoms with Crippen molar-refractivity contribution in [3.63, 3.8) is 0 Å². The molecule has 1 amide bonds. The van der Waals surface area contributed by atoms with Crippen LogP contribution in [0.15, 0.2) is 36.4 Å². The van der Waals surface area contributed by atoms with Gasteiger partial charge in [-0.3, -0.25) is 4.79 Å². The maximum Gasteiger partial charge on any atom is 0.337 e. The number of carbonyl (C=O) groups is 2. The summed E-state index contributed by atoms with van der Waals surface area (Å²) in [7, 11) is 4.42. The van der Waals surface area contributed by atoms with Gasteiger partial charge in [0.05, 0.1) is 39.2 Å². The molecule has 0 radical (unpaired) electrons. The van der Waals surface area contributed by atoms with Gasteiger partial charge in [0.2, 0.25) is 5.91 Å². The van der Waals surface area contributed by atoms with Gasteiger partial charge in [0.15, 0.2) is 11.5 Å². The molecule has 0 bridgehead atoms. The minimum atomic E-state index is -1.18. The Labute approximate surface area is 163 Å². The summed E-state index contributed by atoms with van der Waals surface area (Å²) in [5.41, 5.74) is 0.0618. The number of hydrogen-bond donors (Lipinski definition) is 2. The Bertz CT molecular complexity index is 818. The molecule has 0 aliphatic carbocycles. The van der Waals surface area contributed by atoms with Gasteiger partial charge in [-0.15, -0.1) is 0 Å². The maximum atomic E-state index is 12.2. The summed E-state index contributed by atoms with van der Waals surface area (Å²) < 4.78 is 20.9. The molecule has 0 saturated carbocycles. The average molecular weight is 389 g/mol. The normalized spacial score (nSPS) is 10.1. The number of amides is 1. The SMILES string of the molecule is COc1ccc(OCCCC(=O)Nc2cc(OC)c(OC)cc2C(=O)O)cc1. The van der Waals surface area contributed by atoms with Crippen LogP contribution in [0.4, 0.5) is 5.69 Å². The number of carboxylic acid groups (broad SMARTS) is 1. The van der Waals surface area contributed by atoms with E-state index in [-0.39, 0.29) is 29.3 Å². The summed E-state index contributed by atoms with van der Waals surface area (Å²) in [5, 5.41) is 12.0. The van der Waals surface area contributed by atoms with Crippen molar-refractivity contribution in [2.24, 2.45) is 0 Å². The first-order chi connectivity index (χ1) is 13.5. The van der Waals surface area contributed by atoms with Crippen LogP contribution in [0.5, 0.6) is 23.0 Å². The molecule has 0 fully saturated rings. The van der Waals surface area contributed by atoms with Crippen molar-refractivity contribution in [2.45, 2.75) is 12.8 Å². The fraction of sp³-hybridized carbons (Fsp3) is 0.300. The van der Waals surface area contributed by atoms with Crippen LogP contribution >= 0.6 is 0 Å². The Balaban J connectivity index is 1.92. The van der Waals surface area contributed by atoms with Crippen molar-refractivity contribution < 1.29 is 33.6 Å². The molecule has 0 aromatic heterocycles. The summed E-state index contributed by atoms with van der Waals surface area (Å²) in [6.45, 7) is 0.345. The van der Waals surface area contributed by atoms with E-state index in [1.807, 2.05) is 0 Å². The Kier molecular flexibility index (Phi) is 7.50. The largest absolute Gasteiger partial charge is 0.497 e. The summed E-state index contributed by atoms with van der Waals surface area (Å²) in [6.07, 6.45) is 0.636. The van der Waals surface area contributed by atoms with E-state index in [0.717, 1.165) is 5.75 Å². The van der Waals surface area contributed by atoms with Crippen molar-refractivity contribution >= 4 is 17.6 Å². The maximum absolute atomic E-state index is 12.2. The molecule has 0 aliphatic heterocycles. The van der Waals surface area contributed by atoms with E-state index in [4.69, 9.17) is 18.9 Å². The van der Waals surface area contributed by atoms with Gasteiger partial charge in [-0.05, 0) is 30.7 Å². The first kappa shape index (κ1) is 20.9. The van der Waals surface area contributed by atoms with Crippen LogP contribution in [-0.2, 0) is 4.79 Å². The van der Waals surface area contributed by atoms with E-state index >= 15 is 0 Å². The number of ether oxygens (including phenoxy) is 4. The second-order valence-electron chi connectivity index (χ2n) is 5.73. The molecule has 0 unspecified atom stereocenters. The van der Waals surface area contributed by atoms with Crippen LogP contribution in [0, 0.1) is 0 Å². The standard InChI is InChI=1S/C20H23NO7/c1-25-13-6-8-14(9-7-13)28-10-4-5-19(22)21-16-12-18(27-3)17(26-2)11-15(16)20(23)24/h6-9,11-12H,4-5,10H2,1-3H3,(H,21,22)(H,23,24). The molecule has 8 heteroatoms. The number of benzene rings is 2. The highest BCUT2D eigenvalue weighted by Crippen LogP contribution is 2.33. The lowest BCUT2D eigenvalue weighted by Gasteiger charge is -2.14. The van der Waals surface area contributed by atoms with Crippen LogP contribution in [-0.4, -0.2) is 44.9 Å². The number of hydrogen-bond acceptors (Lipinski definition) is 6. The molecule has 0 saturated heterocycles. The number of nitrogens with one attached hydrogen (secondary N) is 1. The summed E-state index contributed by atoms with van der Waals surface area (Å²) in [6, 6.07) is 9.86. The zero-order chi connectivity index (χ0) is 20.5. The summed E-state index contributed by atoms with van der Waals surface area (Å²) in [5.74, 6) is 0.494. The van der Waals surface area contributed by atoms with Crippen molar-refractivity contribution in [3.8, 4) is 23.0 Å². The molecule has 150 valence electrons. The minimum absolute atomic E-state index is 0.0829. The highest BCUT2D eigenvalue weighted by atomic mass is 16.5. The van der Waals surface area contributed by atoms with Gasteiger partial charge in [-0.1, -0.05) is 0 Å². The Morgan fingerprint density at radius 1 is 0.929 bits per heavy atom. The molecule has 0 heterocycles. The molecule has 8 nitrogen and oxygen atoms in total. The summed E-state index contributed by atoms with van der Waals surface area (Å²) >= 11 is 0. The van der Waals surface area contributed by atoms with E-state index < -0.39 is 5.97 Å². The first-order valence-corrected chi connectivity index (χ1v) is 8.54. The first-order valence-electron chi connectivity index (χ1n) is 8.54. The van der Waals surface area contributed by atoms with Gasteiger partial charge in [-0.2, -0.15) is 0 Å². The molecular formula is C20H23NO7. The molecule has 2 aromatic carbocycles. The van der Waals surface area contributed by atoms with Crippen LogP contribution in [0.25, 0.3) is 0 Å². The third-order valence-electron chi connectivity index (χ3n) is 3.90. The average Bonchev–Trinajstić information content (AvgIpc) is 2.71. The number of methoxy groups -OCH3 is 3. The Hall–Kier alpha value is -3.42. The van der Waals surface area contributed by atoms with E-state index in [2.05, 4.69) is 5.32 Å². The summed E-state index contributed by atoms with van der Waals surface area (Å²) in [4.78, 5) is 23.6. The van der Waals surface area contributed by atoms with Crippen LogP contribution in [0.3, 0.4) is 0 Å². The van der Waals surface area contributed by atoms with Crippen LogP contribution in [0.2, 0.25) is 0 Å². The van der Waals surface area contributed by atoms with E-state index in [0.29, 0.717) is 24.5 Å². The second kappa shape index (κ2) is 10.1. The third kappa shape index (κ3) is 5.54. The second-order valence-corrected chi connectivity index (χ2v) is 5.73. The molecule has 2 aromatic rings. The van der Waals surface area contributed by atoms with Crippen molar-refractivity contribution in [1.29, 1.82) is 0 Å². The molecule has 28 heavy (non-hydrogen) atoms. The van der Waals surface area contributed by atoms with Crippen LogP contribution in [0.1, 0.15) is 23.2 Å². The zero-order valence-corrected chi connectivity index (χ0v) is 16.0. The van der Waals surface area contributed by atoms with Gasteiger partial charge < -0.3 is 29.4 Å². The quantitative estimate of drug-likeness (QED) is 0.601. The van der Waals surface area contributed by atoms with Gasteiger partial charge in [0, 0.05) is 18.6 Å². The van der Waals surface area contributed by atoms with Gasteiger partial charge in [-0.25, -0.2) is 4.79 Å². The van der Waals surface area contributed by atoms with Gasteiger partial charge in [0.1, 0.15) is 11.5 Å². The molecule has 2 N–H and O–H groups in total. The van der Waals surface area contributed by atoms with Gasteiger partial charge in [0.25, 0.3) is 0 Å². The lowest BCUT2D eigenvalue weighted by atomic mass is 10.1. The lowest BCUT2D eigenvalue weighted by molar-refractivity contribution is -0.116. The fourth-order valence-electron chi connectivity index (χ4n) is 2.47. The minimum Gasteiger partial charge on any atom is -0.497 e. The van der Waals surface area contributed by atoms with Crippen molar-refractivity contribution in [3.05, 3.63) is 42.0 Å². The topological polar surface area (TPSA) is 103 Å². The fourth-order valence-corrected chi connectivity index (χ4v) is 2.47. The number of aromatic carboxylic acids is 1. The Morgan fingerprint density at radius 2 is 1.54 bits per heavy atom. The highest BCUT2D eigenvalue weighted by Gasteiger charge is 2.17. The van der Waals surface area contributed by atoms with E-state index in [1.165, 1.54) is 26.4 Å². The van der Waals surface area contributed by atoms with E-state index in [1.54, 1.807) is 31.4 Å². The van der Waals surface area contributed by atoms with E-state index in [9.17, 15) is 14.7 Å². The zero-order valence-electron chi connectivity index (χ0n) is 16.0. The molecule has 2 rings (SSSR count). The molecule has 0 spiro atoms. The predicted octanol–water partition coefficient (Wildman–Crippen LogP) is 3.21. The van der Waals surface area contributed by atoms with Crippen molar-refractivity contribution in [2.75, 3.05) is 33.3 Å². The third-order valence-corrected chi connectivity index (χ3v) is 3.90. The number of anilines is 1. The molecule has 0 atom stereocenters. The molecule has 0 aliphatic rings. The highest BCUT2D eigenvalue weighted by molar-refractivity contribution is 6.01. The number of carboxylic acids is 1. The smallest absolute Gasteiger partial charge is 0.337 e. The predicted molar refractivity (Wildman–Crippen MR) is 103 cm³/mol. The van der Waals surface area contributed by atoms with Gasteiger partial charge >= 0.3 is 5.97 Å².